The van der Waals surface area contributed by atoms with Gasteiger partial charge in [-0.1, -0.05) is 25.7 Å². The molecule has 0 bridgehead atoms. The molecule has 1 N–H and O–H groups in total. The summed E-state index contributed by atoms with van der Waals surface area (Å²) in [6.07, 6.45) is 1.25. The molecule has 1 aliphatic carbocycles. The van der Waals surface area contributed by atoms with Crippen molar-refractivity contribution in [2.75, 3.05) is 11.9 Å². The molecule has 0 radical (unpaired) electrons. The number of aromatic nitrogens is 1. The van der Waals surface area contributed by atoms with E-state index in [1.54, 1.807) is 0 Å². The summed E-state index contributed by atoms with van der Waals surface area (Å²) >= 11 is 0. The second kappa shape index (κ2) is 6.12. The zero-order valence-corrected chi connectivity index (χ0v) is 11.0. The van der Waals surface area contributed by atoms with Crippen LogP contribution >= 0.6 is 0 Å². The van der Waals surface area contributed by atoms with Crippen molar-refractivity contribution < 1.29 is 13.2 Å². The van der Waals surface area contributed by atoms with E-state index in [0.29, 0.717) is 12.5 Å². The Bertz CT molecular complexity index is 499. The Morgan fingerprint density at radius 3 is 2.60 bits per heavy atom. The van der Waals surface area contributed by atoms with Crippen molar-refractivity contribution in [3.05, 3.63) is 23.4 Å². The summed E-state index contributed by atoms with van der Waals surface area (Å²) in [5.74, 6) is 0.666. The Kier molecular flexibility index (Phi) is 4.48. The average molecular weight is 283 g/mol. The molecule has 6 heteroatoms. The van der Waals surface area contributed by atoms with E-state index in [1.165, 1.54) is 25.7 Å². The maximum Gasteiger partial charge on any atom is 0.433 e. The zero-order valence-electron chi connectivity index (χ0n) is 11.0. The third-order valence-electron chi connectivity index (χ3n) is 3.63. The number of alkyl halides is 3. The second-order valence-corrected chi connectivity index (χ2v) is 5.07. The van der Waals surface area contributed by atoms with E-state index < -0.39 is 11.9 Å². The van der Waals surface area contributed by atoms with E-state index in [2.05, 4.69) is 10.3 Å². The van der Waals surface area contributed by atoms with E-state index in [1.807, 2.05) is 6.07 Å². The number of nitriles is 1. The molecule has 0 atom stereocenters. The predicted octanol–water partition coefficient (Wildman–Crippen LogP) is 3.96. The first kappa shape index (κ1) is 14.6. The van der Waals surface area contributed by atoms with Gasteiger partial charge in [-0.2, -0.15) is 18.4 Å². The van der Waals surface area contributed by atoms with Crippen molar-refractivity contribution in [2.24, 2.45) is 5.92 Å². The molecule has 0 unspecified atom stereocenters. The Morgan fingerprint density at radius 1 is 1.30 bits per heavy atom. The zero-order chi connectivity index (χ0) is 14.6. The van der Waals surface area contributed by atoms with Gasteiger partial charge in [0.05, 0.1) is 5.56 Å². The summed E-state index contributed by atoms with van der Waals surface area (Å²) in [5, 5.41) is 11.8. The van der Waals surface area contributed by atoms with E-state index in [0.717, 1.165) is 18.6 Å². The van der Waals surface area contributed by atoms with Crippen molar-refractivity contribution in [1.29, 1.82) is 5.26 Å². The van der Waals surface area contributed by atoms with Crippen molar-refractivity contribution in [2.45, 2.75) is 38.3 Å². The number of pyridine rings is 1. The molecule has 2 rings (SSSR count). The van der Waals surface area contributed by atoms with Gasteiger partial charge in [0.2, 0.25) is 0 Å². The van der Waals surface area contributed by atoms with E-state index in [4.69, 9.17) is 5.26 Å². The van der Waals surface area contributed by atoms with Gasteiger partial charge >= 0.3 is 6.18 Å². The Balaban J connectivity index is 2.02. The van der Waals surface area contributed by atoms with Crippen molar-refractivity contribution in [3.63, 3.8) is 0 Å². The number of anilines is 1. The normalized spacial score (nSPS) is 16.1. The van der Waals surface area contributed by atoms with Gasteiger partial charge < -0.3 is 5.32 Å². The van der Waals surface area contributed by atoms with Gasteiger partial charge in [-0.3, -0.25) is 0 Å². The van der Waals surface area contributed by atoms with Crippen LogP contribution < -0.4 is 5.32 Å². The molecule has 1 aliphatic rings. The van der Waals surface area contributed by atoms with Gasteiger partial charge in [0, 0.05) is 6.54 Å². The standard InChI is InChI=1S/C14H16F3N3/c15-14(16,17)12-6-5-11(9-18)13(20-12)19-8-7-10-3-1-2-4-10/h5-6,10H,1-4,7-8H2,(H,19,20). The number of rotatable bonds is 4. The third kappa shape index (κ3) is 3.62. The summed E-state index contributed by atoms with van der Waals surface area (Å²) in [6, 6.07) is 3.85. The highest BCUT2D eigenvalue weighted by Gasteiger charge is 2.33. The molecule has 0 amide bonds. The van der Waals surface area contributed by atoms with Crippen LogP contribution in [-0.2, 0) is 6.18 Å². The molecular weight excluding hydrogens is 267 g/mol. The molecule has 0 spiro atoms. The van der Waals surface area contributed by atoms with Crippen LogP contribution in [0.2, 0.25) is 0 Å². The summed E-state index contributed by atoms with van der Waals surface area (Å²) in [4.78, 5) is 3.52. The highest BCUT2D eigenvalue weighted by Crippen LogP contribution is 2.30. The fourth-order valence-electron chi connectivity index (χ4n) is 2.54. The molecule has 1 fully saturated rings. The van der Waals surface area contributed by atoms with Gasteiger partial charge in [-0.25, -0.2) is 4.98 Å². The maximum atomic E-state index is 12.6. The Labute approximate surface area is 115 Å². The molecule has 0 aromatic carbocycles. The maximum absolute atomic E-state index is 12.6. The fourth-order valence-corrected chi connectivity index (χ4v) is 2.54. The van der Waals surface area contributed by atoms with Gasteiger partial charge in [-0.05, 0) is 24.5 Å². The number of nitrogens with zero attached hydrogens (tertiary/aromatic N) is 2. The minimum Gasteiger partial charge on any atom is -0.369 e. The number of hydrogen-bond acceptors (Lipinski definition) is 3. The van der Waals surface area contributed by atoms with Crippen molar-refractivity contribution in [3.8, 4) is 6.07 Å². The molecule has 3 nitrogen and oxygen atoms in total. The number of hydrogen-bond donors (Lipinski definition) is 1. The number of halogens is 3. The van der Waals surface area contributed by atoms with Gasteiger partial charge in [-0.15, -0.1) is 0 Å². The first-order valence-corrected chi connectivity index (χ1v) is 6.73. The quantitative estimate of drug-likeness (QED) is 0.909. The summed E-state index contributed by atoms with van der Waals surface area (Å²) < 4.78 is 37.8. The minimum atomic E-state index is -4.49. The predicted molar refractivity (Wildman–Crippen MR) is 69.0 cm³/mol. The molecule has 0 saturated heterocycles. The van der Waals surface area contributed by atoms with Crippen LogP contribution in [0.1, 0.15) is 43.4 Å². The molecule has 0 aliphatic heterocycles. The van der Waals surface area contributed by atoms with E-state index in [-0.39, 0.29) is 11.4 Å². The van der Waals surface area contributed by atoms with Crippen molar-refractivity contribution >= 4 is 5.82 Å². The van der Waals surface area contributed by atoms with Crippen LogP contribution in [0, 0.1) is 17.2 Å². The van der Waals surface area contributed by atoms with Crippen LogP contribution in [0.25, 0.3) is 0 Å². The first-order chi connectivity index (χ1) is 9.50. The lowest BCUT2D eigenvalue weighted by molar-refractivity contribution is -0.141. The molecule has 1 aromatic heterocycles. The van der Waals surface area contributed by atoms with E-state index in [9.17, 15) is 13.2 Å². The van der Waals surface area contributed by atoms with Gasteiger partial charge in [0.1, 0.15) is 17.6 Å². The summed E-state index contributed by atoms with van der Waals surface area (Å²) in [7, 11) is 0. The molecule has 20 heavy (non-hydrogen) atoms. The second-order valence-electron chi connectivity index (χ2n) is 5.07. The van der Waals surface area contributed by atoms with Crippen LogP contribution in [0.5, 0.6) is 0 Å². The lowest BCUT2D eigenvalue weighted by Gasteiger charge is -2.13. The SMILES string of the molecule is N#Cc1ccc(C(F)(F)F)nc1NCCC1CCCC1. The van der Waals surface area contributed by atoms with Crippen LogP contribution in [0.4, 0.5) is 19.0 Å². The lowest BCUT2D eigenvalue weighted by Crippen LogP contribution is -2.13. The monoisotopic (exact) mass is 283 g/mol. The molecular formula is C14H16F3N3. The van der Waals surface area contributed by atoms with Crippen LogP contribution in [0.3, 0.4) is 0 Å². The fraction of sp³-hybridized carbons (Fsp3) is 0.571. The summed E-state index contributed by atoms with van der Waals surface area (Å²) in [5.41, 5.74) is -0.829. The van der Waals surface area contributed by atoms with E-state index >= 15 is 0 Å². The molecule has 1 heterocycles. The van der Waals surface area contributed by atoms with Crippen LogP contribution in [0.15, 0.2) is 12.1 Å². The average Bonchev–Trinajstić information content (AvgIpc) is 2.90. The highest BCUT2D eigenvalue weighted by molar-refractivity contribution is 5.52. The smallest absolute Gasteiger partial charge is 0.369 e. The largest absolute Gasteiger partial charge is 0.433 e. The number of nitrogens with one attached hydrogen (secondary N) is 1. The molecule has 1 saturated carbocycles. The topological polar surface area (TPSA) is 48.7 Å². The summed E-state index contributed by atoms with van der Waals surface area (Å²) in [6.45, 7) is 0.549. The highest BCUT2D eigenvalue weighted by atomic mass is 19.4. The Morgan fingerprint density at radius 2 is 2.00 bits per heavy atom. The van der Waals surface area contributed by atoms with Gasteiger partial charge in [0.15, 0.2) is 0 Å². The van der Waals surface area contributed by atoms with Crippen LogP contribution in [-0.4, -0.2) is 11.5 Å². The molecule has 108 valence electrons. The molecule has 1 aromatic rings. The minimum absolute atomic E-state index is 0.0281. The van der Waals surface area contributed by atoms with Crippen molar-refractivity contribution in [1.82, 2.24) is 4.98 Å². The first-order valence-electron chi connectivity index (χ1n) is 6.73. The van der Waals surface area contributed by atoms with Gasteiger partial charge in [0.25, 0.3) is 0 Å². The lowest BCUT2D eigenvalue weighted by atomic mass is 10.0. The Hall–Kier alpha value is -1.77. The third-order valence-corrected chi connectivity index (χ3v) is 3.63.